The van der Waals surface area contributed by atoms with Crippen LogP contribution in [-0.2, 0) is 16.6 Å². The topological polar surface area (TPSA) is 53.5 Å². The first-order chi connectivity index (χ1) is 8.36. The summed E-state index contributed by atoms with van der Waals surface area (Å²) in [6.07, 6.45) is 1.28. The van der Waals surface area contributed by atoms with Crippen molar-refractivity contribution in [1.29, 1.82) is 0 Å². The van der Waals surface area contributed by atoms with E-state index in [1.807, 2.05) is 19.2 Å². The largest absolute Gasteiger partial charge is 0.294 e. The van der Waals surface area contributed by atoms with Gasteiger partial charge >= 0.3 is 0 Å². The van der Waals surface area contributed by atoms with Gasteiger partial charge in [-0.15, -0.1) is 11.3 Å². The van der Waals surface area contributed by atoms with Crippen LogP contribution in [0.2, 0.25) is 0 Å². The van der Waals surface area contributed by atoms with Crippen LogP contribution < -0.4 is 0 Å². The minimum absolute atomic E-state index is 0.0369. The van der Waals surface area contributed by atoms with Crippen molar-refractivity contribution < 1.29 is 8.42 Å². The Morgan fingerprint density at radius 2 is 2.22 bits per heavy atom. The van der Waals surface area contributed by atoms with Crippen molar-refractivity contribution in [2.45, 2.75) is 26.4 Å². The number of sulfonamides is 1. The molecule has 0 radical (unpaired) electrons. The molecule has 0 saturated carbocycles. The van der Waals surface area contributed by atoms with Crippen LogP contribution in [0, 0.1) is 6.92 Å². The molecule has 2 heterocycles. The van der Waals surface area contributed by atoms with Crippen LogP contribution in [0.3, 0.4) is 0 Å². The highest BCUT2D eigenvalue weighted by molar-refractivity contribution is 7.88. The number of piperazine rings is 1. The lowest BCUT2D eigenvalue weighted by Crippen LogP contribution is -2.53. The van der Waals surface area contributed by atoms with Gasteiger partial charge in [0.15, 0.2) is 0 Å². The lowest BCUT2D eigenvalue weighted by molar-refractivity contribution is 0.138. The summed E-state index contributed by atoms with van der Waals surface area (Å²) in [5.41, 5.74) is 1.05. The summed E-state index contributed by atoms with van der Waals surface area (Å²) in [5, 5.41) is 3.15. The fraction of sp³-hybridized carbons (Fsp3) is 0.727. The van der Waals surface area contributed by atoms with Crippen molar-refractivity contribution in [2.24, 2.45) is 0 Å². The molecule has 18 heavy (non-hydrogen) atoms. The molecule has 102 valence electrons. The summed E-state index contributed by atoms with van der Waals surface area (Å²) in [7, 11) is -3.07. The lowest BCUT2D eigenvalue weighted by Gasteiger charge is -2.37. The van der Waals surface area contributed by atoms with Gasteiger partial charge in [0, 0.05) is 36.8 Å². The van der Waals surface area contributed by atoms with Crippen LogP contribution in [0.5, 0.6) is 0 Å². The van der Waals surface area contributed by atoms with Gasteiger partial charge in [0.05, 0.1) is 12.8 Å². The first-order valence-electron chi connectivity index (χ1n) is 5.96. The number of hydrogen-bond donors (Lipinski definition) is 0. The van der Waals surface area contributed by atoms with Crippen LogP contribution in [0.25, 0.3) is 0 Å². The van der Waals surface area contributed by atoms with E-state index < -0.39 is 10.0 Å². The molecule has 2 rings (SSSR count). The van der Waals surface area contributed by atoms with Crippen LogP contribution in [0.1, 0.15) is 17.6 Å². The molecule has 1 aliphatic heterocycles. The minimum Gasteiger partial charge on any atom is -0.294 e. The molecule has 0 aliphatic carbocycles. The second kappa shape index (κ2) is 5.24. The number of thiazole rings is 1. The third-order valence-electron chi connectivity index (χ3n) is 3.10. The molecule has 1 aromatic rings. The van der Waals surface area contributed by atoms with Gasteiger partial charge in [-0.2, -0.15) is 4.31 Å². The Kier molecular flexibility index (Phi) is 4.05. The summed E-state index contributed by atoms with van der Waals surface area (Å²) in [6, 6.07) is 0.0369. The van der Waals surface area contributed by atoms with E-state index in [4.69, 9.17) is 0 Å². The van der Waals surface area contributed by atoms with Crippen molar-refractivity contribution in [3.8, 4) is 0 Å². The third kappa shape index (κ3) is 3.28. The Labute approximate surface area is 112 Å². The Morgan fingerprint density at radius 3 is 2.72 bits per heavy atom. The maximum atomic E-state index is 11.6. The van der Waals surface area contributed by atoms with Crippen molar-refractivity contribution in [3.63, 3.8) is 0 Å². The SMILES string of the molecule is Cc1csc(CN2CCN(S(C)(=O)=O)[C@@H](C)C2)n1. The molecule has 5 nitrogen and oxygen atoms in total. The van der Waals surface area contributed by atoms with Crippen LogP contribution in [0.4, 0.5) is 0 Å². The zero-order valence-corrected chi connectivity index (χ0v) is 12.6. The van der Waals surface area contributed by atoms with E-state index in [0.717, 1.165) is 30.3 Å². The Bertz CT molecular complexity index is 512. The van der Waals surface area contributed by atoms with Gasteiger partial charge in [0.25, 0.3) is 0 Å². The van der Waals surface area contributed by atoms with Crippen LogP contribution >= 0.6 is 11.3 Å². The second-order valence-electron chi connectivity index (χ2n) is 4.84. The molecular formula is C11H19N3O2S2. The van der Waals surface area contributed by atoms with Crippen LogP contribution in [-0.4, -0.2) is 54.5 Å². The molecule has 1 aliphatic rings. The Morgan fingerprint density at radius 1 is 1.50 bits per heavy atom. The quantitative estimate of drug-likeness (QED) is 0.830. The summed E-state index contributed by atoms with van der Waals surface area (Å²) in [5.74, 6) is 0. The van der Waals surface area contributed by atoms with Crippen molar-refractivity contribution in [3.05, 3.63) is 16.1 Å². The minimum atomic E-state index is -3.07. The molecule has 1 fully saturated rings. The highest BCUT2D eigenvalue weighted by atomic mass is 32.2. The molecule has 0 unspecified atom stereocenters. The molecule has 1 aromatic heterocycles. The summed E-state index contributed by atoms with van der Waals surface area (Å²) in [6.45, 7) is 6.89. The van der Waals surface area contributed by atoms with Gasteiger partial charge in [-0.05, 0) is 13.8 Å². The van der Waals surface area contributed by atoms with E-state index in [9.17, 15) is 8.42 Å². The molecule has 0 N–H and O–H groups in total. The Hall–Kier alpha value is -0.500. The first kappa shape index (κ1) is 13.9. The normalized spacial score (nSPS) is 23.4. The maximum Gasteiger partial charge on any atom is 0.211 e. The summed E-state index contributed by atoms with van der Waals surface area (Å²) in [4.78, 5) is 6.71. The molecule has 0 aromatic carbocycles. The molecule has 0 amide bonds. The Balaban J connectivity index is 1.96. The molecule has 1 atom stereocenters. The number of rotatable bonds is 3. The average molecular weight is 289 g/mol. The summed E-state index contributed by atoms with van der Waals surface area (Å²) >= 11 is 1.67. The molecule has 0 spiro atoms. The average Bonchev–Trinajstić information content (AvgIpc) is 2.62. The monoisotopic (exact) mass is 289 g/mol. The van der Waals surface area contributed by atoms with Crippen molar-refractivity contribution in [1.82, 2.24) is 14.2 Å². The number of nitrogens with zero attached hydrogens (tertiary/aromatic N) is 3. The van der Waals surface area contributed by atoms with E-state index in [1.165, 1.54) is 6.26 Å². The smallest absolute Gasteiger partial charge is 0.211 e. The maximum absolute atomic E-state index is 11.6. The zero-order valence-electron chi connectivity index (χ0n) is 11.0. The number of aromatic nitrogens is 1. The molecule has 1 saturated heterocycles. The standard InChI is InChI=1S/C11H19N3O2S2/c1-9-8-17-11(12-9)7-13-4-5-14(10(2)6-13)18(3,15)16/h8,10H,4-7H2,1-3H3/t10-/m0/s1. The van der Waals surface area contributed by atoms with Gasteiger partial charge in [0.1, 0.15) is 5.01 Å². The van der Waals surface area contributed by atoms with Gasteiger partial charge < -0.3 is 0 Å². The zero-order chi connectivity index (χ0) is 13.3. The number of hydrogen-bond acceptors (Lipinski definition) is 5. The molecule has 0 bridgehead atoms. The highest BCUT2D eigenvalue weighted by Crippen LogP contribution is 2.17. The van der Waals surface area contributed by atoms with E-state index in [2.05, 4.69) is 9.88 Å². The summed E-state index contributed by atoms with van der Waals surface area (Å²) < 4.78 is 24.7. The number of aryl methyl sites for hydroxylation is 1. The second-order valence-corrected chi connectivity index (χ2v) is 7.72. The molecule has 7 heteroatoms. The van der Waals surface area contributed by atoms with E-state index >= 15 is 0 Å². The van der Waals surface area contributed by atoms with Crippen molar-refractivity contribution >= 4 is 21.4 Å². The highest BCUT2D eigenvalue weighted by Gasteiger charge is 2.29. The first-order valence-corrected chi connectivity index (χ1v) is 8.69. The predicted molar refractivity (Wildman–Crippen MR) is 73.1 cm³/mol. The van der Waals surface area contributed by atoms with Gasteiger partial charge in [-0.3, -0.25) is 4.90 Å². The van der Waals surface area contributed by atoms with Crippen molar-refractivity contribution in [2.75, 3.05) is 25.9 Å². The fourth-order valence-electron chi connectivity index (χ4n) is 2.32. The van der Waals surface area contributed by atoms with Crippen LogP contribution in [0.15, 0.2) is 5.38 Å². The molecular weight excluding hydrogens is 270 g/mol. The van der Waals surface area contributed by atoms with E-state index in [1.54, 1.807) is 15.6 Å². The predicted octanol–water partition coefficient (Wildman–Crippen LogP) is 0.917. The van der Waals surface area contributed by atoms with Gasteiger partial charge in [0.2, 0.25) is 10.0 Å². The van der Waals surface area contributed by atoms with E-state index in [-0.39, 0.29) is 6.04 Å². The lowest BCUT2D eigenvalue weighted by atomic mass is 10.2. The van der Waals surface area contributed by atoms with E-state index in [0.29, 0.717) is 6.54 Å². The third-order valence-corrected chi connectivity index (χ3v) is 5.45. The van der Waals surface area contributed by atoms with Gasteiger partial charge in [-0.25, -0.2) is 13.4 Å². The fourth-order valence-corrected chi connectivity index (χ4v) is 4.27. The van der Waals surface area contributed by atoms with Gasteiger partial charge in [-0.1, -0.05) is 0 Å².